The predicted molar refractivity (Wildman–Crippen MR) is 87.8 cm³/mol. The largest absolute Gasteiger partial charge is 0.325 e. The number of rotatable bonds is 4. The lowest BCUT2D eigenvalue weighted by atomic mass is 9.86. The van der Waals surface area contributed by atoms with E-state index in [-0.39, 0.29) is 5.54 Å². The van der Waals surface area contributed by atoms with E-state index < -0.39 is 0 Å². The van der Waals surface area contributed by atoms with Crippen LogP contribution in [0.1, 0.15) is 63.3 Å². The van der Waals surface area contributed by atoms with Gasteiger partial charge in [-0.3, -0.25) is 4.68 Å². The standard InChI is InChI=1S/C16H28BrN3/c1-4-6-13-7-5-9-16(18,10-8-13)11-14-15(17)12(2)19-20(14)3/h13H,4-11,18H2,1-3H3. The van der Waals surface area contributed by atoms with Gasteiger partial charge in [-0.25, -0.2) is 0 Å². The van der Waals surface area contributed by atoms with E-state index in [4.69, 9.17) is 5.73 Å². The van der Waals surface area contributed by atoms with Crippen molar-refractivity contribution in [3.05, 3.63) is 15.9 Å². The number of halogens is 1. The summed E-state index contributed by atoms with van der Waals surface area (Å²) in [5.41, 5.74) is 8.99. The molecular formula is C16H28BrN3. The van der Waals surface area contributed by atoms with Gasteiger partial charge < -0.3 is 5.73 Å². The highest BCUT2D eigenvalue weighted by Crippen LogP contribution is 2.34. The Morgan fingerprint density at radius 1 is 1.40 bits per heavy atom. The monoisotopic (exact) mass is 341 g/mol. The summed E-state index contributed by atoms with van der Waals surface area (Å²) in [7, 11) is 2.02. The molecule has 4 heteroatoms. The molecule has 1 aromatic rings. The fourth-order valence-electron chi connectivity index (χ4n) is 3.58. The van der Waals surface area contributed by atoms with Crippen LogP contribution in [0.25, 0.3) is 0 Å². The lowest BCUT2D eigenvalue weighted by Crippen LogP contribution is -2.42. The van der Waals surface area contributed by atoms with Crippen LogP contribution in [-0.2, 0) is 13.5 Å². The highest BCUT2D eigenvalue weighted by atomic mass is 79.9. The second-order valence-electron chi connectivity index (χ2n) is 6.59. The van der Waals surface area contributed by atoms with Crippen molar-refractivity contribution in [1.82, 2.24) is 9.78 Å². The molecule has 0 saturated heterocycles. The van der Waals surface area contributed by atoms with Gasteiger partial charge in [0.15, 0.2) is 0 Å². The minimum Gasteiger partial charge on any atom is -0.325 e. The van der Waals surface area contributed by atoms with Crippen molar-refractivity contribution in [3.63, 3.8) is 0 Å². The summed E-state index contributed by atoms with van der Waals surface area (Å²) in [6, 6.07) is 0. The van der Waals surface area contributed by atoms with Gasteiger partial charge in [-0.15, -0.1) is 0 Å². The Morgan fingerprint density at radius 3 is 2.75 bits per heavy atom. The van der Waals surface area contributed by atoms with Crippen molar-refractivity contribution in [2.24, 2.45) is 18.7 Å². The highest BCUT2D eigenvalue weighted by Gasteiger charge is 2.31. The average Bonchev–Trinajstić information content (AvgIpc) is 2.56. The average molecular weight is 342 g/mol. The van der Waals surface area contributed by atoms with Crippen molar-refractivity contribution in [3.8, 4) is 0 Å². The first-order chi connectivity index (χ1) is 9.45. The minimum atomic E-state index is -0.0504. The fraction of sp³-hybridized carbons (Fsp3) is 0.812. The Hall–Kier alpha value is -0.350. The molecule has 114 valence electrons. The lowest BCUT2D eigenvalue weighted by Gasteiger charge is -2.28. The molecule has 1 saturated carbocycles. The van der Waals surface area contributed by atoms with Crippen LogP contribution in [0.4, 0.5) is 0 Å². The van der Waals surface area contributed by atoms with Gasteiger partial charge >= 0.3 is 0 Å². The molecule has 1 fully saturated rings. The Kier molecular flexibility index (Phi) is 5.30. The molecule has 0 amide bonds. The third-order valence-electron chi connectivity index (χ3n) is 4.82. The number of hydrogen-bond donors (Lipinski definition) is 1. The molecule has 2 N–H and O–H groups in total. The van der Waals surface area contributed by atoms with Gasteiger partial charge in [0, 0.05) is 19.0 Å². The first kappa shape index (κ1) is 16.0. The zero-order valence-corrected chi connectivity index (χ0v) is 14.7. The van der Waals surface area contributed by atoms with Crippen molar-refractivity contribution < 1.29 is 0 Å². The smallest absolute Gasteiger partial charge is 0.0738 e. The summed E-state index contributed by atoms with van der Waals surface area (Å²) in [5, 5.41) is 4.49. The van der Waals surface area contributed by atoms with E-state index in [1.165, 1.54) is 37.8 Å². The number of aromatic nitrogens is 2. The number of aryl methyl sites for hydroxylation is 2. The van der Waals surface area contributed by atoms with Gasteiger partial charge in [0.25, 0.3) is 0 Å². The molecule has 1 heterocycles. The van der Waals surface area contributed by atoms with Crippen molar-refractivity contribution in [2.45, 2.75) is 70.8 Å². The Morgan fingerprint density at radius 2 is 2.15 bits per heavy atom. The fourth-order valence-corrected chi connectivity index (χ4v) is 4.06. The summed E-state index contributed by atoms with van der Waals surface area (Å²) in [6.07, 6.45) is 9.81. The molecule has 20 heavy (non-hydrogen) atoms. The van der Waals surface area contributed by atoms with E-state index in [0.717, 1.165) is 35.3 Å². The third-order valence-corrected chi connectivity index (χ3v) is 5.85. The number of hydrogen-bond acceptors (Lipinski definition) is 2. The van der Waals surface area contributed by atoms with Crippen LogP contribution in [0.3, 0.4) is 0 Å². The van der Waals surface area contributed by atoms with Gasteiger partial charge in [0.05, 0.1) is 15.9 Å². The van der Waals surface area contributed by atoms with Gasteiger partial charge in [-0.2, -0.15) is 5.10 Å². The zero-order valence-electron chi connectivity index (χ0n) is 13.1. The predicted octanol–water partition coefficient (Wildman–Crippen LogP) is 4.11. The van der Waals surface area contributed by atoms with E-state index in [2.05, 4.69) is 28.0 Å². The van der Waals surface area contributed by atoms with Gasteiger partial charge in [-0.1, -0.05) is 32.6 Å². The van der Waals surface area contributed by atoms with Crippen LogP contribution in [0.2, 0.25) is 0 Å². The Labute approximate surface area is 131 Å². The summed E-state index contributed by atoms with van der Waals surface area (Å²) in [5.74, 6) is 0.891. The van der Waals surface area contributed by atoms with Gasteiger partial charge in [0.1, 0.15) is 0 Å². The lowest BCUT2D eigenvalue weighted by molar-refractivity contribution is 0.348. The highest BCUT2D eigenvalue weighted by molar-refractivity contribution is 9.10. The molecule has 0 aliphatic heterocycles. The summed E-state index contributed by atoms with van der Waals surface area (Å²) >= 11 is 3.67. The van der Waals surface area contributed by atoms with Crippen LogP contribution in [0.15, 0.2) is 4.47 Å². The molecule has 2 atom stereocenters. The third kappa shape index (κ3) is 3.64. The van der Waals surface area contributed by atoms with E-state index in [9.17, 15) is 0 Å². The number of nitrogens with two attached hydrogens (primary N) is 1. The van der Waals surface area contributed by atoms with E-state index in [1.807, 2.05) is 18.7 Å². The van der Waals surface area contributed by atoms with Gasteiger partial charge in [-0.05, 0) is 48.0 Å². The molecule has 1 aliphatic carbocycles. The molecule has 3 nitrogen and oxygen atoms in total. The minimum absolute atomic E-state index is 0.0504. The normalized spacial score (nSPS) is 27.6. The Bertz CT molecular complexity index is 455. The molecule has 0 aromatic carbocycles. The summed E-state index contributed by atoms with van der Waals surface area (Å²) in [4.78, 5) is 0. The van der Waals surface area contributed by atoms with Crippen molar-refractivity contribution in [2.75, 3.05) is 0 Å². The Balaban J connectivity index is 2.07. The van der Waals surface area contributed by atoms with E-state index >= 15 is 0 Å². The molecule has 2 unspecified atom stereocenters. The molecule has 0 bridgehead atoms. The van der Waals surface area contributed by atoms with Crippen LogP contribution in [0.5, 0.6) is 0 Å². The zero-order chi connectivity index (χ0) is 14.8. The van der Waals surface area contributed by atoms with Crippen LogP contribution in [-0.4, -0.2) is 15.3 Å². The van der Waals surface area contributed by atoms with Crippen molar-refractivity contribution >= 4 is 15.9 Å². The number of nitrogens with zero attached hydrogens (tertiary/aromatic N) is 2. The maximum atomic E-state index is 6.73. The first-order valence-corrected chi connectivity index (χ1v) is 8.71. The molecular weight excluding hydrogens is 314 g/mol. The summed E-state index contributed by atoms with van der Waals surface area (Å²) < 4.78 is 3.13. The molecule has 0 spiro atoms. The van der Waals surface area contributed by atoms with Crippen LogP contribution in [0, 0.1) is 12.8 Å². The second-order valence-corrected chi connectivity index (χ2v) is 7.39. The maximum absolute atomic E-state index is 6.73. The summed E-state index contributed by atoms with van der Waals surface area (Å²) in [6.45, 7) is 4.33. The van der Waals surface area contributed by atoms with Gasteiger partial charge in [0.2, 0.25) is 0 Å². The van der Waals surface area contributed by atoms with Crippen molar-refractivity contribution in [1.29, 1.82) is 0 Å². The quantitative estimate of drug-likeness (QED) is 0.837. The van der Waals surface area contributed by atoms with Crippen LogP contribution >= 0.6 is 15.9 Å². The molecule has 2 rings (SSSR count). The topological polar surface area (TPSA) is 43.8 Å². The second kappa shape index (κ2) is 6.61. The maximum Gasteiger partial charge on any atom is 0.0738 e. The van der Waals surface area contributed by atoms with E-state index in [1.54, 1.807) is 0 Å². The molecule has 1 aromatic heterocycles. The molecule has 1 aliphatic rings. The first-order valence-electron chi connectivity index (χ1n) is 7.92. The van der Waals surface area contributed by atoms with E-state index in [0.29, 0.717) is 0 Å². The van der Waals surface area contributed by atoms with Crippen LogP contribution < -0.4 is 5.73 Å². The SMILES string of the molecule is CCCC1CCCC(N)(Cc2c(Br)c(C)nn2C)CC1. The molecule has 0 radical (unpaired) electrons.